The molecule has 5 aromatic rings. The molecule has 1 aromatic heterocycles. The van der Waals surface area contributed by atoms with Crippen LogP contribution in [0.25, 0.3) is 0 Å². The van der Waals surface area contributed by atoms with Gasteiger partial charge in [0.05, 0.1) is 35.8 Å². The van der Waals surface area contributed by atoms with Crippen LogP contribution in [0.4, 0.5) is 5.69 Å². The number of rotatable bonds is 7. The molecule has 9 nitrogen and oxygen atoms in total. The van der Waals surface area contributed by atoms with E-state index < -0.39 is 0 Å². The van der Waals surface area contributed by atoms with Crippen molar-refractivity contribution in [2.24, 2.45) is 4.99 Å². The Labute approximate surface area is 308 Å². The predicted octanol–water partition coefficient (Wildman–Crippen LogP) is 7.35. The lowest BCUT2D eigenvalue weighted by Gasteiger charge is -2.35. The molecule has 0 unspecified atom stereocenters. The molecule has 53 heavy (non-hydrogen) atoms. The summed E-state index contributed by atoms with van der Waals surface area (Å²) in [6, 6.07) is 30.1. The number of amides is 2. The monoisotopic (exact) mass is 704 g/mol. The van der Waals surface area contributed by atoms with Crippen molar-refractivity contribution in [3.8, 4) is 17.2 Å². The van der Waals surface area contributed by atoms with E-state index in [0.29, 0.717) is 47.2 Å². The lowest BCUT2D eigenvalue weighted by molar-refractivity contribution is 0.0641. The second-order valence-corrected chi connectivity index (χ2v) is 14.3. The maximum absolute atomic E-state index is 13.8. The number of benzene rings is 4. The average Bonchev–Trinajstić information content (AvgIpc) is 3.40. The molecule has 2 atom stereocenters. The number of hydrogen-bond donors (Lipinski definition) is 0. The van der Waals surface area contributed by atoms with Crippen LogP contribution >= 0.6 is 0 Å². The smallest absolute Gasteiger partial charge is 0.256 e. The van der Waals surface area contributed by atoms with Crippen LogP contribution in [-0.2, 0) is 45.6 Å². The standard InChI is InChI=1S/C44H40N4O5/c1-27-16-38-39(45-22-36-18-29-9-4-6-11-32(29)24-48(36)44(38)50)21-40(27)52-25-33-12-7-13-34(46-33)26-53-42-19-30-14-15-35-17-28-8-3-5-10-31(28)23-47(35)43(49)37(30)20-41(42)51-2/h3-13,16,19-22,35-36H,14-15,17-18,23-26H2,1-2H3/t35-,36+/m1/s1. The minimum atomic E-state index is -0.0855. The molecule has 5 heterocycles. The molecule has 0 spiro atoms. The number of nitrogens with zero attached hydrogens (tertiary/aromatic N) is 4. The molecule has 0 fully saturated rings. The largest absolute Gasteiger partial charge is 0.493 e. The number of aromatic nitrogens is 1. The molecule has 4 aliphatic heterocycles. The minimum absolute atomic E-state index is 0.0134. The molecule has 0 radical (unpaired) electrons. The summed E-state index contributed by atoms with van der Waals surface area (Å²) in [6.45, 7) is 3.60. The molecule has 0 aliphatic carbocycles. The van der Waals surface area contributed by atoms with Gasteiger partial charge in [0, 0.05) is 37.0 Å². The molecule has 266 valence electrons. The summed E-state index contributed by atoms with van der Waals surface area (Å²) in [5.41, 5.74) is 10.2. The summed E-state index contributed by atoms with van der Waals surface area (Å²) in [7, 11) is 1.60. The summed E-state index contributed by atoms with van der Waals surface area (Å²) in [5, 5.41) is 0. The molecular formula is C44H40N4O5. The minimum Gasteiger partial charge on any atom is -0.493 e. The summed E-state index contributed by atoms with van der Waals surface area (Å²) in [5.74, 6) is 1.79. The van der Waals surface area contributed by atoms with E-state index >= 15 is 0 Å². The van der Waals surface area contributed by atoms with Crippen molar-refractivity contribution in [1.82, 2.24) is 14.8 Å². The van der Waals surface area contributed by atoms with Gasteiger partial charge < -0.3 is 24.0 Å². The van der Waals surface area contributed by atoms with Crippen LogP contribution in [0.2, 0.25) is 0 Å². The first-order valence-corrected chi connectivity index (χ1v) is 18.3. The van der Waals surface area contributed by atoms with E-state index in [1.54, 1.807) is 7.11 Å². The summed E-state index contributed by atoms with van der Waals surface area (Å²) in [4.78, 5) is 41.1. The Hall–Kier alpha value is -5.96. The van der Waals surface area contributed by atoms with Gasteiger partial charge in [-0.15, -0.1) is 0 Å². The van der Waals surface area contributed by atoms with E-state index in [0.717, 1.165) is 48.2 Å². The van der Waals surface area contributed by atoms with Crippen molar-refractivity contribution >= 4 is 23.7 Å². The molecule has 2 amide bonds. The number of aliphatic imine (C=N–C) groups is 1. The van der Waals surface area contributed by atoms with Gasteiger partial charge in [-0.3, -0.25) is 19.6 Å². The van der Waals surface area contributed by atoms with Crippen LogP contribution in [0.5, 0.6) is 17.2 Å². The lowest BCUT2D eigenvalue weighted by atomic mass is 9.92. The Morgan fingerprint density at radius 1 is 0.679 bits per heavy atom. The number of hydrogen-bond acceptors (Lipinski definition) is 7. The average molecular weight is 705 g/mol. The SMILES string of the molecule is COc1cc2c(cc1OCc1cccc(COc3cc4c(cc3C)C(=O)N3Cc5ccccc5C[C@H]3C=N4)n1)CC[C@@H]1Cc3ccccc3CN1C2=O. The van der Waals surface area contributed by atoms with Crippen molar-refractivity contribution in [3.63, 3.8) is 0 Å². The molecule has 0 saturated heterocycles. The van der Waals surface area contributed by atoms with Gasteiger partial charge in [-0.2, -0.15) is 0 Å². The number of carbonyl (C=O) groups is 2. The Balaban J connectivity index is 0.878. The van der Waals surface area contributed by atoms with Crippen molar-refractivity contribution < 1.29 is 23.8 Å². The fourth-order valence-electron chi connectivity index (χ4n) is 8.17. The number of carbonyl (C=O) groups excluding carboxylic acids is 2. The third-order valence-electron chi connectivity index (χ3n) is 11.1. The maximum atomic E-state index is 13.8. The van der Waals surface area contributed by atoms with Gasteiger partial charge in [0.2, 0.25) is 0 Å². The van der Waals surface area contributed by atoms with E-state index in [1.165, 1.54) is 22.3 Å². The topological polar surface area (TPSA) is 93.6 Å². The molecule has 9 rings (SSSR count). The summed E-state index contributed by atoms with van der Waals surface area (Å²) >= 11 is 0. The van der Waals surface area contributed by atoms with Crippen LogP contribution in [0, 0.1) is 6.92 Å². The van der Waals surface area contributed by atoms with Crippen LogP contribution < -0.4 is 14.2 Å². The van der Waals surface area contributed by atoms with Gasteiger partial charge in [-0.25, -0.2) is 0 Å². The van der Waals surface area contributed by atoms with Gasteiger partial charge >= 0.3 is 0 Å². The molecule has 0 saturated carbocycles. The fourth-order valence-corrected chi connectivity index (χ4v) is 8.17. The number of fused-ring (bicyclic) bond motifs is 6. The Morgan fingerprint density at radius 3 is 2.08 bits per heavy atom. The Kier molecular flexibility index (Phi) is 8.41. The van der Waals surface area contributed by atoms with E-state index in [1.807, 2.05) is 83.6 Å². The van der Waals surface area contributed by atoms with Crippen molar-refractivity contribution in [1.29, 1.82) is 0 Å². The van der Waals surface area contributed by atoms with E-state index in [2.05, 4.69) is 30.3 Å². The summed E-state index contributed by atoms with van der Waals surface area (Å²) < 4.78 is 18.3. The summed E-state index contributed by atoms with van der Waals surface area (Å²) in [6.07, 6.45) is 5.19. The number of ether oxygens (including phenoxy) is 3. The van der Waals surface area contributed by atoms with E-state index in [-0.39, 0.29) is 37.1 Å². The third kappa shape index (κ3) is 6.20. The lowest BCUT2D eigenvalue weighted by Crippen LogP contribution is -2.44. The highest BCUT2D eigenvalue weighted by Crippen LogP contribution is 2.38. The van der Waals surface area contributed by atoms with Crippen molar-refractivity contribution in [3.05, 3.63) is 147 Å². The van der Waals surface area contributed by atoms with Gasteiger partial charge in [-0.05, 0) is 96.3 Å². The van der Waals surface area contributed by atoms with Crippen LogP contribution in [-0.4, -0.2) is 52.0 Å². The normalized spacial score (nSPS) is 18.4. The highest BCUT2D eigenvalue weighted by Gasteiger charge is 2.35. The number of pyridine rings is 1. The van der Waals surface area contributed by atoms with Crippen molar-refractivity contribution in [2.45, 2.75) is 71.0 Å². The molecular weight excluding hydrogens is 665 g/mol. The highest BCUT2D eigenvalue weighted by molar-refractivity contribution is 6.03. The second-order valence-electron chi connectivity index (χ2n) is 14.3. The molecule has 0 N–H and O–H groups in total. The number of methoxy groups -OCH3 is 1. The van der Waals surface area contributed by atoms with Crippen LogP contribution in [0.1, 0.15) is 71.9 Å². The molecule has 4 aromatic carbocycles. The molecule has 9 heteroatoms. The maximum Gasteiger partial charge on any atom is 0.256 e. The third-order valence-corrected chi connectivity index (χ3v) is 11.1. The zero-order valence-electron chi connectivity index (χ0n) is 29.9. The zero-order valence-corrected chi connectivity index (χ0v) is 29.9. The predicted molar refractivity (Wildman–Crippen MR) is 201 cm³/mol. The first kappa shape index (κ1) is 32.9. The van der Waals surface area contributed by atoms with Gasteiger partial charge in [-0.1, -0.05) is 54.6 Å². The van der Waals surface area contributed by atoms with E-state index in [9.17, 15) is 9.59 Å². The molecule has 0 bridgehead atoms. The Bertz CT molecular complexity index is 2300. The van der Waals surface area contributed by atoms with Gasteiger partial charge in [0.25, 0.3) is 11.8 Å². The van der Waals surface area contributed by atoms with Gasteiger partial charge in [0.1, 0.15) is 19.0 Å². The number of aryl methyl sites for hydroxylation is 2. The second kappa shape index (κ2) is 13.5. The van der Waals surface area contributed by atoms with Crippen molar-refractivity contribution in [2.75, 3.05) is 7.11 Å². The first-order valence-electron chi connectivity index (χ1n) is 18.3. The zero-order chi connectivity index (χ0) is 36.1. The molecule has 4 aliphatic rings. The Morgan fingerprint density at radius 2 is 1.34 bits per heavy atom. The highest BCUT2D eigenvalue weighted by atomic mass is 16.5. The fraction of sp³-hybridized carbons (Fsp3) is 0.273. The van der Waals surface area contributed by atoms with Crippen LogP contribution in [0.3, 0.4) is 0 Å². The first-order chi connectivity index (χ1) is 25.9. The van der Waals surface area contributed by atoms with Crippen LogP contribution in [0.15, 0.2) is 96.0 Å². The quantitative estimate of drug-likeness (QED) is 0.176. The van der Waals surface area contributed by atoms with Gasteiger partial charge in [0.15, 0.2) is 11.5 Å². The van der Waals surface area contributed by atoms with E-state index in [4.69, 9.17) is 24.2 Å².